The lowest BCUT2D eigenvalue weighted by atomic mass is 9.97. The first-order valence-electron chi connectivity index (χ1n) is 5.89. The molecule has 1 aromatic carbocycles. The summed E-state index contributed by atoms with van der Waals surface area (Å²) in [7, 11) is 0. The topological polar surface area (TPSA) is 38.0 Å². The Labute approximate surface area is 91.9 Å². The third kappa shape index (κ3) is 2.39. The molecule has 1 heterocycles. The van der Waals surface area contributed by atoms with Crippen molar-refractivity contribution in [1.82, 2.24) is 5.32 Å². The van der Waals surface area contributed by atoms with Crippen LogP contribution in [0.15, 0.2) is 24.3 Å². The second-order valence-corrected chi connectivity index (χ2v) is 4.32. The molecule has 0 saturated carbocycles. The van der Waals surface area contributed by atoms with Crippen molar-refractivity contribution in [3.63, 3.8) is 0 Å². The third-order valence-corrected chi connectivity index (χ3v) is 3.30. The molecule has 15 heavy (non-hydrogen) atoms. The van der Waals surface area contributed by atoms with Gasteiger partial charge in [0, 0.05) is 12.1 Å². The van der Waals surface area contributed by atoms with Crippen molar-refractivity contribution < 1.29 is 0 Å². The van der Waals surface area contributed by atoms with Crippen molar-refractivity contribution in [3.05, 3.63) is 35.4 Å². The Morgan fingerprint density at radius 1 is 1.40 bits per heavy atom. The Bertz CT molecular complexity index is 299. The molecular weight excluding hydrogens is 184 g/mol. The fourth-order valence-electron chi connectivity index (χ4n) is 2.23. The minimum atomic E-state index is 0.151. The average Bonchev–Trinajstić information content (AvgIpc) is 2.82. The van der Waals surface area contributed by atoms with Gasteiger partial charge < -0.3 is 11.1 Å². The minimum absolute atomic E-state index is 0.151. The maximum atomic E-state index is 6.23. The molecule has 0 spiro atoms. The molecule has 0 aliphatic carbocycles. The first-order valence-corrected chi connectivity index (χ1v) is 5.89. The molecule has 1 aromatic rings. The van der Waals surface area contributed by atoms with Crippen molar-refractivity contribution in [2.45, 2.75) is 38.3 Å². The zero-order valence-electron chi connectivity index (χ0n) is 9.37. The van der Waals surface area contributed by atoms with Gasteiger partial charge in [0.1, 0.15) is 0 Å². The van der Waals surface area contributed by atoms with Gasteiger partial charge in [0.05, 0.1) is 0 Å². The number of hydrogen-bond acceptors (Lipinski definition) is 2. The van der Waals surface area contributed by atoms with Crippen LogP contribution in [0.3, 0.4) is 0 Å². The third-order valence-electron chi connectivity index (χ3n) is 3.30. The molecule has 0 aromatic heterocycles. The molecule has 1 aliphatic heterocycles. The van der Waals surface area contributed by atoms with Crippen LogP contribution in [-0.2, 0) is 6.42 Å². The van der Waals surface area contributed by atoms with E-state index in [0.29, 0.717) is 6.04 Å². The first-order chi connectivity index (χ1) is 7.31. The average molecular weight is 204 g/mol. The molecule has 2 heteroatoms. The maximum Gasteiger partial charge on any atom is 0.0450 e. The number of hydrogen-bond donors (Lipinski definition) is 2. The second-order valence-electron chi connectivity index (χ2n) is 4.32. The van der Waals surface area contributed by atoms with Crippen LogP contribution < -0.4 is 11.1 Å². The predicted molar refractivity (Wildman–Crippen MR) is 63.8 cm³/mol. The van der Waals surface area contributed by atoms with E-state index in [1.807, 2.05) is 0 Å². The lowest BCUT2D eigenvalue weighted by Crippen LogP contribution is -2.34. The van der Waals surface area contributed by atoms with Crippen molar-refractivity contribution in [3.8, 4) is 0 Å². The highest BCUT2D eigenvalue weighted by Gasteiger charge is 2.22. The summed E-state index contributed by atoms with van der Waals surface area (Å²) in [5, 5.41) is 3.46. The van der Waals surface area contributed by atoms with E-state index in [2.05, 4.69) is 36.5 Å². The highest BCUT2D eigenvalue weighted by atomic mass is 15.0. The highest BCUT2D eigenvalue weighted by molar-refractivity contribution is 5.26. The van der Waals surface area contributed by atoms with E-state index < -0.39 is 0 Å². The molecule has 2 atom stereocenters. The Morgan fingerprint density at radius 3 is 2.67 bits per heavy atom. The second kappa shape index (κ2) is 4.77. The molecule has 0 amide bonds. The van der Waals surface area contributed by atoms with Gasteiger partial charge >= 0.3 is 0 Å². The van der Waals surface area contributed by atoms with Gasteiger partial charge in [-0.25, -0.2) is 0 Å². The molecule has 2 nitrogen and oxygen atoms in total. The summed E-state index contributed by atoms with van der Waals surface area (Å²) in [5.74, 6) is 0. The Hall–Kier alpha value is -0.860. The van der Waals surface area contributed by atoms with Crippen LogP contribution in [0.4, 0.5) is 0 Å². The number of benzene rings is 1. The molecule has 1 fully saturated rings. The molecule has 0 bridgehead atoms. The van der Waals surface area contributed by atoms with Gasteiger partial charge in [-0.05, 0) is 36.9 Å². The minimum Gasteiger partial charge on any atom is -0.323 e. The van der Waals surface area contributed by atoms with Gasteiger partial charge in [-0.15, -0.1) is 0 Å². The predicted octanol–water partition coefficient (Wildman–Crippen LogP) is 2.00. The van der Waals surface area contributed by atoms with E-state index in [-0.39, 0.29) is 6.04 Å². The van der Waals surface area contributed by atoms with E-state index in [1.165, 1.54) is 24.0 Å². The van der Waals surface area contributed by atoms with Crippen LogP contribution in [0.5, 0.6) is 0 Å². The fourth-order valence-corrected chi connectivity index (χ4v) is 2.23. The van der Waals surface area contributed by atoms with Crippen LogP contribution in [0.1, 0.15) is 36.9 Å². The zero-order chi connectivity index (χ0) is 10.7. The van der Waals surface area contributed by atoms with E-state index in [4.69, 9.17) is 5.73 Å². The summed E-state index contributed by atoms with van der Waals surface area (Å²) in [6.07, 6.45) is 3.55. The summed E-state index contributed by atoms with van der Waals surface area (Å²) in [5.41, 5.74) is 8.87. The van der Waals surface area contributed by atoms with Gasteiger partial charge in [0.15, 0.2) is 0 Å². The lowest BCUT2D eigenvalue weighted by Gasteiger charge is -2.19. The van der Waals surface area contributed by atoms with Gasteiger partial charge in [-0.1, -0.05) is 31.2 Å². The standard InChI is InChI=1S/C13H20N2/c1-2-10-5-7-11(8-6-10)13(14)12-4-3-9-15-12/h5-8,12-13,15H,2-4,9,14H2,1H3. The molecule has 3 N–H and O–H groups in total. The number of nitrogens with two attached hydrogens (primary N) is 1. The lowest BCUT2D eigenvalue weighted by molar-refractivity contribution is 0.500. The van der Waals surface area contributed by atoms with Crippen molar-refractivity contribution >= 4 is 0 Å². The van der Waals surface area contributed by atoms with Crippen LogP contribution in [0.2, 0.25) is 0 Å². The van der Waals surface area contributed by atoms with E-state index in [0.717, 1.165) is 13.0 Å². The van der Waals surface area contributed by atoms with Gasteiger partial charge in [-0.3, -0.25) is 0 Å². The van der Waals surface area contributed by atoms with Crippen molar-refractivity contribution in [1.29, 1.82) is 0 Å². The zero-order valence-corrected chi connectivity index (χ0v) is 9.37. The van der Waals surface area contributed by atoms with Crippen molar-refractivity contribution in [2.24, 2.45) is 5.73 Å². The van der Waals surface area contributed by atoms with Gasteiger partial charge in [0.25, 0.3) is 0 Å². The largest absolute Gasteiger partial charge is 0.323 e. The summed E-state index contributed by atoms with van der Waals surface area (Å²) >= 11 is 0. The first kappa shape index (κ1) is 10.7. The normalized spacial score (nSPS) is 22.9. The summed E-state index contributed by atoms with van der Waals surface area (Å²) in [6, 6.07) is 9.33. The number of rotatable bonds is 3. The van der Waals surface area contributed by atoms with E-state index in [1.54, 1.807) is 0 Å². The van der Waals surface area contributed by atoms with E-state index in [9.17, 15) is 0 Å². The summed E-state index contributed by atoms with van der Waals surface area (Å²) in [4.78, 5) is 0. The summed E-state index contributed by atoms with van der Waals surface area (Å²) in [6.45, 7) is 3.29. The Balaban J connectivity index is 2.07. The van der Waals surface area contributed by atoms with Crippen LogP contribution >= 0.6 is 0 Å². The molecule has 0 radical (unpaired) electrons. The van der Waals surface area contributed by atoms with Crippen LogP contribution in [-0.4, -0.2) is 12.6 Å². The molecule has 82 valence electrons. The number of nitrogens with one attached hydrogen (secondary N) is 1. The van der Waals surface area contributed by atoms with Crippen LogP contribution in [0.25, 0.3) is 0 Å². The van der Waals surface area contributed by atoms with Gasteiger partial charge in [-0.2, -0.15) is 0 Å². The molecule has 1 aliphatic rings. The summed E-state index contributed by atoms with van der Waals surface area (Å²) < 4.78 is 0. The van der Waals surface area contributed by atoms with Gasteiger partial charge in [0.2, 0.25) is 0 Å². The monoisotopic (exact) mass is 204 g/mol. The SMILES string of the molecule is CCc1ccc(C(N)C2CCCN2)cc1. The molecule has 2 unspecified atom stereocenters. The molecular formula is C13H20N2. The Kier molecular flexibility index (Phi) is 3.39. The Morgan fingerprint density at radius 2 is 2.13 bits per heavy atom. The van der Waals surface area contributed by atoms with E-state index >= 15 is 0 Å². The molecule has 2 rings (SSSR count). The smallest absolute Gasteiger partial charge is 0.0450 e. The van der Waals surface area contributed by atoms with Crippen molar-refractivity contribution in [2.75, 3.05) is 6.54 Å². The maximum absolute atomic E-state index is 6.23. The van der Waals surface area contributed by atoms with Crippen LogP contribution in [0, 0.1) is 0 Å². The fraction of sp³-hybridized carbons (Fsp3) is 0.538. The highest BCUT2D eigenvalue weighted by Crippen LogP contribution is 2.21. The quantitative estimate of drug-likeness (QED) is 0.790. The molecule has 1 saturated heterocycles. The number of aryl methyl sites for hydroxylation is 1.